The van der Waals surface area contributed by atoms with Crippen molar-refractivity contribution in [3.05, 3.63) is 41.0 Å². The summed E-state index contributed by atoms with van der Waals surface area (Å²) in [6.45, 7) is 0.623. The van der Waals surface area contributed by atoms with Gasteiger partial charge in [-0.15, -0.1) is 0 Å². The maximum atomic E-state index is 12.5. The highest BCUT2D eigenvalue weighted by molar-refractivity contribution is 6.00. The molecule has 1 unspecified atom stereocenters. The molecule has 1 atom stereocenters. The summed E-state index contributed by atoms with van der Waals surface area (Å²) in [4.78, 5) is 28.0. The van der Waals surface area contributed by atoms with Crippen molar-refractivity contribution in [3.8, 4) is 0 Å². The lowest BCUT2D eigenvalue weighted by molar-refractivity contribution is -0.117. The third-order valence-corrected chi connectivity index (χ3v) is 3.94. The monoisotopic (exact) mass is 313 g/mol. The number of nitrogens with one attached hydrogen (secondary N) is 2. The van der Waals surface area contributed by atoms with Crippen molar-refractivity contribution in [1.29, 1.82) is 0 Å². The number of oxazole rings is 1. The molecule has 1 aromatic carbocycles. The standard InChI is InChI=1S/C15H15N5O3/c1-19-6-5-13(18-19)20-7-4-10(14(20)21)16-9-2-3-12-11(8-9)17-15(22)23-12/h2-3,5-6,8,10,16H,4,7H2,1H3,(H,17,22). The molecule has 2 N–H and O–H groups in total. The first kappa shape index (κ1) is 13.6. The minimum atomic E-state index is -0.490. The lowest BCUT2D eigenvalue weighted by Gasteiger charge is -2.15. The number of aromatic nitrogens is 3. The molecule has 1 aliphatic heterocycles. The van der Waals surface area contributed by atoms with Crippen molar-refractivity contribution in [3.63, 3.8) is 0 Å². The molecule has 1 fully saturated rings. The van der Waals surface area contributed by atoms with Crippen LogP contribution >= 0.6 is 0 Å². The van der Waals surface area contributed by atoms with Crippen LogP contribution in [0.25, 0.3) is 11.1 Å². The van der Waals surface area contributed by atoms with Gasteiger partial charge in [0.05, 0.1) is 5.52 Å². The van der Waals surface area contributed by atoms with E-state index in [-0.39, 0.29) is 11.9 Å². The second-order valence-electron chi connectivity index (χ2n) is 5.55. The summed E-state index contributed by atoms with van der Waals surface area (Å²) < 4.78 is 6.64. The molecule has 1 saturated heterocycles. The Morgan fingerprint density at radius 3 is 3.00 bits per heavy atom. The number of anilines is 2. The zero-order chi connectivity index (χ0) is 16.0. The van der Waals surface area contributed by atoms with Crippen LogP contribution in [0.5, 0.6) is 0 Å². The van der Waals surface area contributed by atoms with Crippen LogP contribution in [0.2, 0.25) is 0 Å². The quantitative estimate of drug-likeness (QED) is 0.754. The Labute approximate surface area is 130 Å². The van der Waals surface area contributed by atoms with E-state index in [1.165, 1.54) is 0 Å². The summed E-state index contributed by atoms with van der Waals surface area (Å²) in [5.41, 5.74) is 1.86. The Balaban J connectivity index is 1.54. The van der Waals surface area contributed by atoms with Gasteiger partial charge >= 0.3 is 5.76 Å². The third-order valence-electron chi connectivity index (χ3n) is 3.94. The molecule has 4 rings (SSSR count). The van der Waals surface area contributed by atoms with E-state index in [1.807, 2.05) is 19.3 Å². The largest absolute Gasteiger partial charge is 0.417 e. The molecule has 118 valence electrons. The van der Waals surface area contributed by atoms with Gasteiger partial charge in [0, 0.05) is 31.5 Å². The van der Waals surface area contributed by atoms with Gasteiger partial charge in [-0.3, -0.25) is 19.4 Å². The van der Waals surface area contributed by atoms with E-state index in [4.69, 9.17) is 4.42 Å². The molecule has 3 heterocycles. The number of aryl methyl sites for hydroxylation is 1. The zero-order valence-electron chi connectivity index (χ0n) is 12.4. The summed E-state index contributed by atoms with van der Waals surface area (Å²) in [6, 6.07) is 6.76. The first-order valence-corrected chi connectivity index (χ1v) is 7.30. The number of carbonyl (C=O) groups is 1. The molecule has 0 radical (unpaired) electrons. The van der Waals surface area contributed by atoms with Crippen LogP contribution in [0.4, 0.5) is 11.5 Å². The summed E-state index contributed by atoms with van der Waals surface area (Å²) in [6.07, 6.45) is 2.50. The van der Waals surface area contributed by atoms with E-state index >= 15 is 0 Å². The fourth-order valence-electron chi connectivity index (χ4n) is 2.83. The van der Waals surface area contributed by atoms with Gasteiger partial charge in [0.15, 0.2) is 11.4 Å². The van der Waals surface area contributed by atoms with E-state index in [0.29, 0.717) is 29.9 Å². The lowest BCUT2D eigenvalue weighted by atomic mass is 10.2. The Morgan fingerprint density at radius 2 is 2.22 bits per heavy atom. The van der Waals surface area contributed by atoms with Gasteiger partial charge in [-0.25, -0.2) is 4.79 Å². The molecule has 0 bridgehead atoms. The van der Waals surface area contributed by atoms with E-state index in [2.05, 4.69) is 15.4 Å². The second kappa shape index (κ2) is 5.01. The van der Waals surface area contributed by atoms with Gasteiger partial charge in [-0.2, -0.15) is 5.10 Å². The first-order valence-electron chi connectivity index (χ1n) is 7.30. The summed E-state index contributed by atoms with van der Waals surface area (Å²) >= 11 is 0. The smallest absolute Gasteiger partial charge is 0.408 e. The van der Waals surface area contributed by atoms with Crippen LogP contribution in [-0.4, -0.2) is 33.3 Å². The van der Waals surface area contributed by atoms with E-state index in [0.717, 1.165) is 5.69 Å². The SMILES string of the molecule is Cn1ccc(N2CCC(Nc3ccc4oc(=O)[nH]c4c3)C2=O)n1. The van der Waals surface area contributed by atoms with Crippen LogP contribution in [0.1, 0.15) is 6.42 Å². The molecule has 0 spiro atoms. The number of amides is 1. The number of benzene rings is 1. The van der Waals surface area contributed by atoms with E-state index in [9.17, 15) is 9.59 Å². The minimum absolute atomic E-state index is 0.00974. The molecule has 8 heteroatoms. The van der Waals surface area contributed by atoms with Crippen molar-refractivity contribution < 1.29 is 9.21 Å². The summed E-state index contributed by atoms with van der Waals surface area (Å²) in [5.74, 6) is 0.163. The Bertz CT molecular complexity index is 938. The number of carbonyl (C=O) groups excluding carboxylic acids is 1. The van der Waals surface area contributed by atoms with Crippen LogP contribution in [0, 0.1) is 0 Å². The predicted molar refractivity (Wildman–Crippen MR) is 84.4 cm³/mol. The molecule has 8 nitrogen and oxygen atoms in total. The molecular formula is C15H15N5O3. The summed E-state index contributed by atoms with van der Waals surface area (Å²) in [7, 11) is 1.82. The van der Waals surface area contributed by atoms with Crippen LogP contribution in [0.15, 0.2) is 39.7 Å². The van der Waals surface area contributed by atoms with Gasteiger partial charge in [0.1, 0.15) is 6.04 Å². The second-order valence-corrected chi connectivity index (χ2v) is 5.55. The minimum Gasteiger partial charge on any atom is -0.408 e. The van der Waals surface area contributed by atoms with E-state index in [1.54, 1.807) is 27.8 Å². The third kappa shape index (κ3) is 2.37. The number of nitrogens with zero attached hydrogens (tertiary/aromatic N) is 3. The molecule has 23 heavy (non-hydrogen) atoms. The highest BCUT2D eigenvalue weighted by atomic mass is 16.4. The van der Waals surface area contributed by atoms with Crippen molar-refractivity contribution in [2.24, 2.45) is 7.05 Å². The number of hydrogen-bond acceptors (Lipinski definition) is 5. The van der Waals surface area contributed by atoms with Crippen LogP contribution in [-0.2, 0) is 11.8 Å². The number of aromatic amines is 1. The average Bonchev–Trinajstić information content (AvgIpc) is 3.18. The molecule has 3 aromatic rings. The highest BCUT2D eigenvalue weighted by Gasteiger charge is 2.33. The van der Waals surface area contributed by atoms with Crippen molar-refractivity contribution in [1.82, 2.24) is 14.8 Å². The topological polar surface area (TPSA) is 96.2 Å². The molecule has 1 aliphatic rings. The van der Waals surface area contributed by atoms with Crippen molar-refractivity contribution in [2.45, 2.75) is 12.5 Å². The zero-order valence-corrected chi connectivity index (χ0v) is 12.4. The molecule has 1 amide bonds. The molecule has 2 aromatic heterocycles. The molecule has 0 aliphatic carbocycles. The lowest BCUT2D eigenvalue weighted by Crippen LogP contribution is -2.33. The maximum Gasteiger partial charge on any atom is 0.417 e. The van der Waals surface area contributed by atoms with Gasteiger partial charge in [-0.1, -0.05) is 0 Å². The fraction of sp³-hybridized carbons (Fsp3) is 0.267. The van der Waals surface area contributed by atoms with Crippen molar-refractivity contribution in [2.75, 3.05) is 16.8 Å². The van der Waals surface area contributed by atoms with Crippen LogP contribution < -0.4 is 16.0 Å². The van der Waals surface area contributed by atoms with Crippen molar-refractivity contribution >= 4 is 28.5 Å². The van der Waals surface area contributed by atoms with Gasteiger partial charge in [0.2, 0.25) is 0 Å². The van der Waals surface area contributed by atoms with Crippen LogP contribution in [0.3, 0.4) is 0 Å². The Kier molecular flexibility index (Phi) is 2.97. The number of hydrogen-bond donors (Lipinski definition) is 2. The maximum absolute atomic E-state index is 12.5. The molecular weight excluding hydrogens is 298 g/mol. The number of fused-ring (bicyclic) bond motifs is 1. The van der Waals surface area contributed by atoms with Gasteiger partial charge < -0.3 is 9.73 Å². The van der Waals surface area contributed by atoms with Gasteiger partial charge in [-0.05, 0) is 24.6 Å². The van der Waals surface area contributed by atoms with Gasteiger partial charge in [0.25, 0.3) is 5.91 Å². The molecule has 0 saturated carbocycles. The highest BCUT2D eigenvalue weighted by Crippen LogP contribution is 2.23. The predicted octanol–water partition coefficient (Wildman–Crippen LogP) is 1.07. The average molecular weight is 313 g/mol. The number of H-pyrrole nitrogens is 1. The normalized spacial score (nSPS) is 18.0. The fourth-order valence-corrected chi connectivity index (χ4v) is 2.83. The summed E-state index contributed by atoms with van der Waals surface area (Å²) in [5, 5.41) is 7.48. The Morgan fingerprint density at radius 1 is 1.35 bits per heavy atom. The number of rotatable bonds is 3. The Hall–Kier alpha value is -3.03. The van der Waals surface area contributed by atoms with E-state index < -0.39 is 5.76 Å². The first-order chi connectivity index (χ1) is 11.1.